The second-order valence-electron chi connectivity index (χ2n) is 8.81. The zero-order valence-electron chi connectivity index (χ0n) is 18.0. The lowest BCUT2D eigenvalue weighted by Gasteiger charge is -2.43. The molecule has 1 saturated carbocycles. The van der Waals surface area contributed by atoms with Crippen molar-refractivity contribution in [2.24, 2.45) is 5.92 Å². The summed E-state index contributed by atoms with van der Waals surface area (Å²) < 4.78 is 23.7. The van der Waals surface area contributed by atoms with Crippen molar-refractivity contribution in [3.8, 4) is 0 Å². The number of aliphatic hydroxyl groups excluding tert-OH is 3. The fraction of sp³-hybridized carbons (Fsp3) is 0.900. The van der Waals surface area contributed by atoms with E-state index in [1.54, 1.807) is 7.11 Å². The van der Waals surface area contributed by atoms with Gasteiger partial charge >= 0.3 is 0 Å². The van der Waals surface area contributed by atoms with Gasteiger partial charge in [-0.2, -0.15) is 0 Å². The number of hydrogen-bond donors (Lipinski definition) is 5. The van der Waals surface area contributed by atoms with Crippen molar-refractivity contribution in [3.05, 3.63) is 11.6 Å². The molecule has 2 aliphatic heterocycles. The summed E-state index contributed by atoms with van der Waals surface area (Å²) in [7, 11) is 1.62. The summed E-state index contributed by atoms with van der Waals surface area (Å²) in [6.07, 6.45) is -0.266. The molecule has 0 aromatic carbocycles. The highest BCUT2D eigenvalue weighted by atomic mass is 35.5. The molecule has 2 heterocycles. The zero-order chi connectivity index (χ0) is 22.1. The van der Waals surface area contributed by atoms with E-state index in [9.17, 15) is 15.3 Å². The first kappa shape index (κ1) is 24.3. The molecule has 2 saturated heterocycles. The van der Waals surface area contributed by atoms with Crippen molar-refractivity contribution in [2.75, 3.05) is 19.6 Å². The molecule has 3 aliphatic rings. The predicted molar refractivity (Wildman–Crippen MR) is 109 cm³/mol. The SMILES string of the molecule is COC1C(OC(O)NC(O)NC(O)CCl)CCC2(CO2)C1C1(C)OC1CC=C(C)C. The minimum absolute atomic E-state index is 0.0439. The molecule has 0 aromatic rings. The van der Waals surface area contributed by atoms with E-state index in [0.29, 0.717) is 13.0 Å². The van der Waals surface area contributed by atoms with E-state index in [2.05, 4.69) is 37.5 Å². The third-order valence-corrected chi connectivity index (χ3v) is 6.63. The summed E-state index contributed by atoms with van der Waals surface area (Å²) in [5, 5.41) is 34.3. The normalized spacial score (nSPS) is 40.7. The van der Waals surface area contributed by atoms with E-state index in [0.717, 1.165) is 12.8 Å². The number of ether oxygens (including phenoxy) is 4. The number of nitrogens with one attached hydrogen (secondary N) is 2. The van der Waals surface area contributed by atoms with Gasteiger partial charge < -0.3 is 34.3 Å². The molecule has 0 radical (unpaired) electrons. The number of epoxide rings is 2. The molecule has 0 aromatic heterocycles. The molecule has 0 bridgehead atoms. The second kappa shape index (κ2) is 9.66. The van der Waals surface area contributed by atoms with Gasteiger partial charge in [0.1, 0.15) is 11.8 Å². The molecule has 5 N–H and O–H groups in total. The van der Waals surface area contributed by atoms with Gasteiger partial charge in [0, 0.05) is 7.11 Å². The van der Waals surface area contributed by atoms with Gasteiger partial charge in [-0.05, 0) is 40.0 Å². The fourth-order valence-corrected chi connectivity index (χ4v) is 4.79. The molecule has 1 aliphatic carbocycles. The predicted octanol–water partition coefficient (Wildman–Crippen LogP) is 0.368. The summed E-state index contributed by atoms with van der Waals surface area (Å²) in [4.78, 5) is 0. The summed E-state index contributed by atoms with van der Waals surface area (Å²) in [6, 6.07) is 0. The lowest BCUT2D eigenvalue weighted by molar-refractivity contribution is -0.226. The Labute approximate surface area is 182 Å². The second-order valence-corrected chi connectivity index (χ2v) is 9.12. The first-order chi connectivity index (χ1) is 14.1. The van der Waals surface area contributed by atoms with Crippen molar-refractivity contribution in [1.29, 1.82) is 0 Å². The van der Waals surface area contributed by atoms with Crippen LogP contribution in [0.1, 0.15) is 40.0 Å². The lowest BCUT2D eigenvalue weighted by Crippen LogP contribution is -2.58. The Morgan fingerprint density at radius 2 is 2.00 bits per heavy atom. The van der Waals surface area contributed by atoms with Crippen LogP contribution in [0.25, 0.3) is 0 Å². The molecule has 3 rings (SSSR count). The average Bonchev–Trinajstić information content (AvgIpc) is 3.58. The average molecular weight is 451 g/mol. The molecule has 30 heavy (non-hydrogen) atoms. The Morgan fingerprint density at radius 1 is 1.30 bits per heavy atom. The number of aliphatic hydroxyl groups is 3. The van der Waals surface area contributed by atoms with E-state index in [-0.39, 0.29) is 29.6 Å². The van der Waals surface area contributed by atoms with Gasteiger partial charge in [0.2, 0.25) is 6.41 Å². The summed E-state index contributed by atoms with van der Waals surface area (Å²) >= 11 is 5.49. The summed E-state index contributed by atoms with van der Waals surface area (Å²) in [5.74, 6) is -0.155. The molecule has 174 valence electrons. The highest BCUT2D eigenvalue weighted by Gasteiger charge is 2.72. The van der Waals surface area contributed by atoms with Crippen molar-refractivity contribution >= 4 is 11.6 Å². The third kappa shape index (κ3) is 5.35. The maximum atomic E-state index is 10.2. The van der Waals surface area contributed by atoms with Crippen molar-refractivity contribution in [1.82, 2.24) is 10.6 Å². The molecule has 3 fully saturated rings. The molecule has 9 unspecified atom stereocenters. The molecular formula is C20H35ClN2O7. The third-order valence-electron chi connectivity index (χ3n) is 6.34. The summed E-state index contributed by atoms with van der Waals surface area (Å²) in [6.45, 7) is 6.89. The van der Waals surface area contributed by atoms with E-state index >= 15 is 0 Å². The number of methoxy groups -OCH3 is 1. The monoisotopic (exact) mass is 450 g/mol. The highest BCUT2D eigenvalue weighted by molar-refractivity contribution is 6.18. The van der Waals surface area contributed by atoms with Crippen LogP contribution in [-0.2, 0) is 18.9 Å². The number of allylic oxidation sites excluding steroid dienone is 1. The quantitative estimate of drug-likeness (QED) is 0.131. The number of rotatable bonds is 11. The Morgan fingerprint density at radius 3 is 2.57 bits per heavy atom. The minimum atomic E-state index is -1.47. The Balaban J connectivity index is 1.64. The van der Waals surface area contributed by atoms with Crippen molar-refractivity contribution in [2.45, 2.75) is 88.5 Å². The van der Waals surface area contributed by atoms with Gasteiger partial charge in [-0.1, -0.05) is 11.6 Å². The molecular weight excluding hydrogens is 416 g/mol. The largest absolute Gasteiger partial charge is 0.378 e. The smallest absolute Gasteiger partial charge is 0.216 e. The molecule has 9 atom stereocenters. The van der Waals surface area contributed by atoms with Crippen LogP contribution in [0.15, 0.2) is 11.6 Å². The van der Waals surface area contributed by atoms with Gasteiger partial charge in [0.25, 0.3) is 0 Å². The Bertz CT molecular complexity index is 616. The van der Waals surface area contributed by atoms with Gasteiger partial charge in [0.15, 0.2) is 6.35 Å². The lowest BCUT2D eigenvalue weighted by atomic mass is 9.68. The Kier molecular flexibility index (Phi) is 7.83. The van der Waals surface area contributed by atoms with Crippen LogP contribution in [0.3, 0.4) is 0 Å². The van der Waals surface area contributed by atoms with Crippen LogP contribution in [0.5, 0.6) is 0 Å². The first-order valence-electron chi connectivity index (χ1n) is 10.4. The molecule has 10 heteroatoms. The van der Waals surface area contributed by atoms with Crippen molar-refractivity contribution in [3.63, 3.8) is 0 Å². The minimum Gasteiger partial charge on any atom is -0.378 e. The van der Waals surface area contributed by atoms with Gasteiger partial charge in [0.05, 0.1) is 42.3 Å². The van der Waals surface area contributed by atoms with Crippen LogP contribution in [0.2, 0.25) is 0 Å². The summed E-state index contributed by atoms with van der Waals surface area (Å²) in [5.41, 5.74) is 0.576. The van der Waals surface area contributed by atoms with Gasteiger partial charge in [-0.25, -0.2) is 5.32 Å². The molecule has 9 nitrogen and oxygen atoms in total. The van der Waals surface area contributed by atoms with Gasteiger partial charge in [-0.15, -0.1) is 11.6 Å². The van der Waals surface area contributed by atoms with E-state index in [4.69, 9.17) is 30.5 Å². The number of hydrogen-bond acceptors (Lipinski definition) is 9. The maximum absolute atomic E-state index is 10.2. The van der Waals surface area contributed by atoms with Crippen LogP contribution in [0, 0.1) is 5.92 Å². The van der Waals surface area contributed by atoms with Crippen LogP contribution in [-0.4, -0.2) is 83.4 Å². The van der Waals surface area contributed by atoms with Crippen molar-refractivity contribution < 1.29 is 34.3 Å². The number of alkyl halides is 1. The highest BCUT2D eigenvalue weighted by Crippen LogP contribution is 2.59. The van der Waals surface area contributed by atoms with Gasteiger partial charge in [-0.3, -0.25) is 5.32 Å². The molecule has 1 spiro atoms. The topological polar surface area (TPSA) is 128 Å². The first-order valence-corrected chi connectivity index (χ1v) is 10.9. The maximum Gasteiger partial charge on any atom is 0.216 e. The van der Waals surface area contributed by atoms with E-state index in [1.165, 1.54) is 5.57 Å². The number of halogens is 1. The van der Waals surface area contributed by atoms with Crippen LogP contribution >= 0.6 is 11.6 Å². The fourth-order valence-electron chi connectivity index (χ4n) is 4.70. The zero-order valence-corrected chi connectivity index (χ0v) is 18.8. The van der Waals surface area contributed by atoms with E-state index < -0.39 is 30.7 Å². The molecule has 0 amide bonds. The van der Waals surface area contributed by atoms with Crippen LogP contribution < -0.4 is 10.6 Å². The Hall–Kier alpha value is -0.330. The van der Waals surface area contributed by atoms with E-state index in [1.807, 2.05) is 0 Å². The van der Waals surface area contributed by atoms with Crippen LogP contribution in [0.4, 0.5) is 0 Å². The standard InChI is InChI=1S/C20H35ClN2O7/c1-11(2)5-6-13-19(3,30-13)16-15(27-4)12(7-8-20(16)10-28-20)29-18(26)23-17(25)22-14(24)9-21/h5,12-18,22-26H,6-10H2,1-4H3.